The number of ether oxygens (including phenoxy) is 3. The highest BCUT2D eigenvalue weighted by Crippen LogP contribution is 2.29. The minimum Gasteiger partial charge on any atom is -0.444 e. The zero-order valence-electron chi connectivity index (χ0n) is 23.0. The third kappa shape index (κ3) is 7.78. The summed E-state index contributed by atoms with van der Waals surface area (Å²) in [6.45, 7) is 13.7. The molecular weight excluding hydrogens is 490 g/mol. The van der Waals surface area contributed by atoms with E-state index in [2.05, 4.69) is 20.6 Å². The van der Waals surface area contributed by atoms with Gasteiger partial charge in [-0.15, -0.1) is 4.99 Å². The number of para-hydroxylation sites is 1. The van der Waals surface area contributed by atoms with Gasteiger partial charge in [-0.25, -0.2) is 19.6 Å². The van der Waals surface area contributed by atoms with Crippen molar-refractivity contribution in [1.82, 2.24) is 25.2 Å². The fourth-order valence-electron chi connectivity index (χ4n) is 3.62. The van der Waals surface area contributed by atoms with E-state index in [9.17, 15) is 9.59 Å². The molecule has 3 aromatic rings. The zero-order valence-corrected chi connectivity index (χ0v) is 23.0. The van der Waals surface area contributed by atoms with Crippen LogP contribution < -0.4 is 16.4 Å². The molecule has 0 fully saturated rings. The van der Waals surface area contributed by atoms with Crippen molar-refractivity contribution in [3.8, 4) is 0 Å². The maximum atomic E-state index is 12.4. The molecule has 0 saturated heterocycles. The Kier molecular flexibility index (Phi) is 8.77. The molecule has 12 heteroatoms. The van der Waals surface area contributed by atoms with Gasteiger partial charge in [0.15, 0.2) is 5.82 Å². The number of nitrogens with one attached hydrogen (secondary N) is 2. The molecule has 3 rings (SSSR count). The minimum absolute atomic E-state index is 0.102. The molecule has 0 spiro atoms. The zero-order chi connectivity index (χ0) is 28.1. The predicted octanol–water partition coefficient (Wildman–Crippen LogP) is 4.11. The number of hydrogen-bond acceptors (Lipinski definition) is 8. The number of carbonyl (C=O) groups is 2. The number of fused-ring (bicyclic) bond motifs is 3. The molecule has 38 heavy (non-hydrogen) atoms. The number of alkyl carbamates (subject to hydrolysis) is 1. The Morgan fingerprint density at radius 2 is 1.74 bits per heavy atom. The molecule has 0 aliphatic carbocycles. The number of anilines is 1. The van der Waals surface area contributed by atoms with Gasteiger partial charge in [-0.1, -0.05) is 18.2 Å². The van der Waals surface area contributed by atoms with Crippen LogP contribution in [0.1, 0.15) is 54.3 Å². The van der Waals surface area contributed by atoms with Gasteiger partial charge in [0.1, 0.15) is 29.2 Å². The van der Waals surface area contributed by atoms with Crippen molar-refractivity contribution in [2.24, 2.45) is 4.99 Å². The molecule has 2 aromatic heterocycles. The first-order valence-corrected chi connectivity index (χ1v) is 12.4. The molecule has 4 N–H and O–H groups in total. The number of imidazole rings is 1. The maximum Gasteiger partial charge on any atom is 0.437 e. The minimum atomic E-state index is -0.856. The number of carbonyl (C=O) groups excluding carboxylic acids is 2. The number of benzene rings is 1. The third-order valence-corrected chi connectivity index (χ3v) is 4.97. The van der Waals surface area contributed by atoms with Crippen LogP contribution in [0.5, 0.6) is 0 Å². The molecule has 0 bridgehead atoms. The molecule has 0 atom stereocenters. The number of nitrogens with zero attached hydrogens (tertiary/aromatic N) is 4. The van der Waals surface area contributed by atoms with Gasteiger partial charge in [-0.05, 0) is 54.5 Å². The second kappa shape index (κ2) is 11.6. The van der Waals surface area contributed by atoms with Crippen molar-refractivity contribution in [1.29, 1.82) is 0 Å². The quantitative estimate of drug-likeness (QED) is 0.317. The molecule has 0 saturated carbocycles. The topological polar surface area (TPSA) is 155 Å². The number of nitrogens with two attached hydrogens (primary N) is 1. The van der Waals surface area contributed by atoms with Crippen LogP contribution in [-0.4, -0.2) is 57.0 Å². The van der Waals surface area contributed by atoms with Gasteiger partial charge < -0.3 is 29.8 Å². The first-order valence-electron chi connectivity index (χ1n) is 12.4. The van der Waals surface area contributed by atoms with E-state index < -0.39 is 23.4 Å². The van der Waals surface area contributed by atoms with Gasteiger partial charge in [-0.2, -0.15) is 0 Å². The van der Waals surface area contributed by atoms with Gasteiger partial charge in [0.05, 0.1) is 11.0 Å². The van der Waals surface area contributed by atoms with Gasteiger partial charge in [0.25, 0.3) is 0 Å². The molecule has 12 nitrogen and oxygen atoms in total. The number of amides is 2. The highest BCUT2D eigenvalue weighted by molar-refractivity contribution is 6.06. The molecule has 0 aliphatic heterocycles. The van der Waals surface area contributed by atoms with Crippen LogP contribution in [0, 0.1) is 0 Å². The van der Waals surface area contributed by atoms with Crippen molar-refractivity contribution < 1.29 is 23.8 Å². The number of pyridine rings is 1. The molecule has 2 heterocycles. The summed E-state index contributed by atoms with van der Waals surface area (Å²) in [4.78, 5) is 37.9. The molecule has 0 unspecified atom stereocenters. The predicted molar refractivity (Wildman–Crippen MR) is 146 cm³/mol. The molecule has 2 amide bonds. The van der Waals surface area contributed by atoms with E-state index in [1.807, 2.05) is 35.8 Å². The third-order valence-electron chi connectivity index (χ3n) is 4.97. The lowest BCUT2D eigenvalue weighted by molar-refractivity contribution is 0.0560. The molecule has 0 aliphatic rings. The largest absolute Gasteiger partial charge is 0.444 e. The number of guanidine groups is 1. The van der Waals surface area contributed by atoms with Crippen molar-refractivity contribution >= 4 is 45.9 Å². The van der Waals surface area contributed by atoms with Crippen LogP contribution in [0.15, 0.2) is 29.3 Å². The standard InChI is InChI=1S/C26H37N7O5/c1-8-36-15-18-30-19-20(16-11-9-10-12-17(16)29-21(19)27)33(18)14-13-28-22(31-23(34)37-25(2,3)4)32-24(35)38-26(5,6)7/h9-12H,8,13-15H2,1-7H3,(H2,27,29)(H2,28,31,32,34,35). The second-order valence-corrected chi connectivity index (χ2v) is 10.5. The Hall–Kier alpha value is -3.93. The molecule has 0 radical (unpaired) electrons. The Morgan fingerprint density at radius 1 is 1.05 bits per heavy atom. The van der Waals surface area contributed by atoms with Crippen molar-refractivity contribution in [3.63, 3.8) is 0 Å². The number of hydrogen-bond donors (Lipinski definition) is 3. The SMILES string of the molecule is CCOCc1nc2c(N)nc3ccccc3c2n1CCNC(=NC(=O)OC(C)(C)C)NC(=O)OC(C)(C)C. The van der Waals surface area contributed by atoms with Gasteiger partial charge in [0.2, 0.25) is 5.96 Å². The van der Waals surface area contributed by atoms with E-state index in [-0.39, 0.29) is 19.1 Å². The van der Waals surface area contributed by atoms with E-state index in [0.29, 0.717) is 30.3 Å². The number of aliphatic imine (C=N–C) groups is 1. The van der Waals surface area contributed by atoms with E-state index in [1.54, 1.807) is 41.5 Å². The van der Waals surface area contributed by atoms with Gasteiger partial charge >= 0.3 is 12.2 Å². The lowest BCUT2D eigenvalue weighted by Gasteiger charge is -2.21. The van der Waals surface area contributed by atoms with Crippen molar-refractivity contribution in [2.75, 3.05) is 18.9 Å². The number of nitrogen functional groups attached to an aromatic ring is 1. The Morgan fingerprint density at radius 3 is 2.39 bits per heavy atom. The fourth-order valence-corrected chi connectivity index (χ4v) is 3.62. The smallest absolute Gasteiger partial charge is 0.437 e. The van der Waals surface area contributed by atoms with E-state index >= 15 is 0 Å². The van der Waals surface area contributed by atoms with Gasteiger partial charge in [-0.3, -0.25) is 5.32 Å². The van der Waals surface area contributed by atoms with Crippen LogP contribution in [-0.2, 0) is 27.4 Å². The summed E-state index contributed by atoms with van der Waals surface area (Å²) >= 11 is 0. The first kappa shape index (κ1) is 28.6. The van der Waals surface area contributed by atoms with E-state index in [1.165, 1.54) is 0 Å². The average molecular weight is 528 g/mol. The summed E-state index contributed by atoms with van der Waals surface area (Å²) in [7, 11) is 0. The van der Waals surface area contributed by atoms with Crippen molar-refractivity contribution in [3.05, 3.63) is 30.1 Å². The van der Waals surface area contributed by atoms with Gasteiger partial charge in [0, 0.05) is 25.1 Å². The van der Waals surface area contributed by atoms with E-state index in [4.69, 9.17) is 24.9 Å². The van der Waals surface area contributed by atoms with Crippen LogP contribution in [0.3, 0.4) is 0 Å². The summed E-state index contributed by atoms with van der Waals surface area (Å²) < 4.78 is 18.2. The maximum absolute atomic E-state index is 12.4. The fraction of sp³-hybridized carbons (Fsp3) is 0.500. The molecule has 206 valence electrons. The summed E-state index contributed by atoms with van der Waals surface area (Å²) in [5.74, 6) is 0.886. The lowest BCUT2D eigenvalue weighted by Crippen LogP contribution is -2.45. The first-order chi connectivity index (χ1) is 17.8. The number of rotatable bonds is 6. The Balaban J connectivity index is 1.91. The Bertz CT molecular complexity index is 1340. The Labute approximate surface area is 221 Å². The summed E-state index contributed by atoms with van der Waals surface area (Å²) in [5, 5.41) is 6.39. The molecule has 1 aromatic carbocycles. The van der Waals surface area contributed by atoms with E-state index in [0.717, 1.165) is 16.4 Å². The molecular formula is C26H37N7O5. The normalized spacial score (nSPS) is 12.6. The lowest BCUT2D eigenvalue weighted by atomic mass is 10.2. The number of aromatic nitrogens is 3. The van der Waals surface area contributed by atoms with Crippen molar-refractivity contribution in [2.45, 2.75) is 72.8 Å². The second-order valence-electron chi connectivity index (χ2n) is 10.5. The van der Waals surface area contributed by atoms with Crippen LogP contribution in [0.25, 0.3) is 21.9 Å². The summed E-state index contributed by atoms with van der Waals surface area (Å²) in [6.07, 6.45) is -1.62. The summed E-state index contributed by atoms with van der Waals surface area (Å²) in [5.41, 5.74) is 6.89. The van der Waals surface area contributed by atoms with Crippen LogP contribution >= 0.6 is 0 Å². The van der Waals surface area contributed by atoms with Crippen LogP contribution in [0.4, 0.5) is 15.4 Å². The average Bonchev–Trinajstić information content (AvgIpc) is 3.14. The highest BCUT2D eigenvalue weighted by atomic mass is 16.6. The monoisotopic (exact) mass is 527 g/mol. The van der Waals surface area contributed by atoms with Crippen LogP contribution in [0.2, 0.25) is 0 Å². The summed E-state index contributed by atoms with van der Waals surface area (Å²) in [6, 6.07) is 7.67. The highest BCUT2D eigenvalue weighted by Gasteiger charge is 2.21.